The third-order valence-electron chi connectivity index (χ3n) is 10.7. The van der Waals surface area contributed by atoms with Gasteiger partial charge in [-0.15, -0.1) is 0 Å². The first kappa shape index (κ1) is 51.5. The molecule has 324 valence electrons. The number of aliphatic hydroxyl groups is 4. The van der Waals surface area contributed by atoms with Crippen LogP contribution >= 0.6 is 0 Å². The van der Waals surface area contributed by atoms with E-state index < -0.39 is 49.4 Å². The molecular weight excluding hydrogens is 700 g/mol. The molecule has 1 aliphatic rings. The van der Waals surface area contributed by atoms with Crippen LogP contribution in [0.4, 0.5) is 0 Å². The van der Waals surface area contributed by atoms with Gasteiger partial charge < -0.3 is 39.4 Å². The van der Waals surface area contributed by atoms with Gasteiger partial charge in [-0.1, -0.05) is 167 Å². The van der Waals surface area contributed by atoms with Crippen molar-refractivity contribution in [1.82, 2.24) is 0 Å². The van der Waals surface area contributed by atoms with E-state index in [1.807, 2.05) is 0 Å². The summed E-state index contributed by atoms with van der Waals surface area (Å²) in [5.41, 5.74) is 0. The molecule has 1 saturated heterocycles. The summed E-state index contributed by atoms with van der Waals surface area (Å²) in [5, 5.41) is 40.0. The van der Waals surface area contributed by atoms with E-state index in [1.165, 1.54) is 116 Å². The number of hydrogen-bond acceptors (Lipinski definition) is 10. The second-order valence-electron chi connectivity index (χ2n) is 15.9. The third kappa shape index (κ3) is 28.5. The van der Waals surface area contributed by atoms with Crippen LogP contribution in [-0.4, -0.2) is 89.0 Å². The first-order valence-corrected chi connectivity index (χ1v) is 22.8. The molecule has 55 heavy (non-hydrogen) atoms. The Kier molecular flexibility index (Phi) is 34.4. The summed E-state index contributed by atoms with van der Waals surface area (Å²) in [6, 6.07) is 0. The predicted molar refractivity (Wildman–Crippen MR) is 220 cm³/mol. The number of carbonyl (C=O) groups is 2. The molecule has 0 bridgehead atoms. The lowest BCUT2D eigenvalue weighted by Crippen LogP contribution is -2.59. The molecule has 0 aromatic rings. The van der Waals surface area contributed by atoms with Crippen LogP contribution in [0.15, 0.2) is 12.2 Å². The topological polar surface area (TPSA) is 152 Å². The lowest BCUT2D eigenvalue weighted by atomic mass is 9.99. The molecular formula is C45H84O10. The van der Waals surface area contributed by atoms with Crippen molar-refractivity contribution in [3.63, 3.8) is 0 Å². The van der Waals surface area contributed by atoms with E-state index in [2.05, 4.69) is 26.0 Å². The molecule has 0 amide bonds. The van der Waals surface area contributed by atoms with Crippen LogP contribution in [0.3, 0.4) is 0 Å². The van der Waals surface area contributed by atoms with Gasteiger partial charge in [0.25, 0.3) is 0 Å². The van der Waals surface area contributed by atoms with Crippen LogP contribution in [0.25, 0.3) is 0 Å². The van der Waals surface area contributed by atoms with Gasteiger partial charge in [-0.05, 0) is 38.5 Å². The highest BCUT2D eigenvalue weighted by molar-refractivity contribution is 5.70. The number of allylic oxidation sites excluding steroid dienone is 2. The number of unbranched alkanes of at least 4 members (excludes halogenated alkanes) is 25. The maximum atomic E-state index is 12.7. The van der Waals surface area contributed by atoms with Crippen molar-refractivity contribution >= 4 is 11.9 Å². The number of aliphatic hydroxyl groups excluding tert-OH is 4. The number of rotatable bonds is 38. The average molecular weight is 785 g/mol. The van der Waals surface area contributed by atoms with Crippen molar-refractivity contribution in [3.8, 4) is 0 Å². The summed E-state index contributed by atoms with van der Waals surface area (Å²) in [6.07, 6.45) is 30.7. The number of esters is 2. The van der Waals surface area contributed by atoms with Crippen LogP contribution in [-0.2, 0) is 28.5 Å². The van der Waals surface area contributed by atoms with E-state index in [1.54, 1.807) is 0 Å². The minimum Gasteiger partial charge on any atom is -0.462 e. The molecule has 1 rings (SSSR count). The predicted octanol–water partition coefficient (Wildman–Crippen LogP) is 9.56. The minimum absolute atomic E-state index is 0.215. The molecule has 0 saturated carbocycles. The summed E-state index contributed by atoms with van der Waals surface area (Å²) in [5.74, 6) is -0.807. The highest BCUT2D eigenvalue weighted by Crippen LogP contribution is 2.23. The number of ether oxygens (including phenoxy) is 4. The van der Waals surface area contributed by atoms with Gasteiger partial charge in [-0.3, -0.25) is 9.59 Å². The summed E-state index contributed by atoms with van der Waals surface area (Å²) in [4.78, 5) is 25.3. The van der Waals surface area contributed by atoms with E-state index in [4.69, 9.17) is 18.9 Å². The fourth-order valence-corrected chi connectivity index (χ4v) is 7.01. The fraction of sp³-hybridized carbons (Fsp3) is 0.911. The van der Waals surface area contributed by atoms with Gasteiger partial charge in [-0.25, -0.2) is 0 Å². The smallest absolute Gasteiger partial charge is 0.306 e. The Labute approximate surface area is 335 Å². The highest BCUT2D eigenvalue weighted by atomic mass is 16.7. The molecule has 1 aliphatic heterocycles. The summed E-state index contributed by atoms with van der Waals surface area (Å²) in [6.45, 7) is 3.42. The molecule has 0 aliphatic carbocycles. The zero-order valence-corrected chi connectivity index (χ0v) is 35.2. The van der Waals surface area contributed by atoms with Crippen molar-refractivity contribution in [3.05, 3.63) is 12.2 Å². The van der Waals surface area contributed by atoms with E-state index in [0.717, 1.165) is 57.8 Å². The highest BCUT2D eigenvalue weighted by Gasteiger charge is 2.44. The lowest BCUT2D eigenvalue weighted by molar-refractivity contribution is -0.305. The van der Waals surface area contributed by atoms with Crippen LogP contribution in [0.5, 0.6) is 0 Å². The average Bonchev–Trinajstić information content (AvgIpc) is 3.18. The standard InChI is InChI=1S/C45H84O10/c1-3-5-7-9-11-13-15-17-18-19-20-22-23-25-27-29-31-33-40(47)52-36-38(37-53-45-44(51)43(50)42(49)39(35-46)55-45)54-41(48)34-32-30-28-26-24-21-16-14-12-10-8-6-4-2/h14,16,38-39,42-46,49-51H,3-13,15,17-37H2,1-2H3/b16-14+/t38-,39-,42+,43?,44?,45-/m0/s1. The van der Waals surface area contributed by atoms with Gasteiger partial charge in [0.05, 0.1) is 13.2 Å². The normalized spacial score (nSPS) is 20.6. The number of carbonyl (C=O) groups excluding carboxylic acids is 2. The van der Waals surface area contributed by atoms with E-state index >= 15 is 0 Å². The summed E-state index contributed by atoms with van der Waals surface area (Å²) < 4.78 is 22.1. The zero-order chi connectivity index (χ0) is 40.2. The lowest BCUT2D eigenvalue weighted by Gasteiger charge is -2.39. The molecule has 10 heteroatoms. The van der Waals surface area contributed by atoms with Gasteiger partial charge >= 0.3 is 11.9 Å². The maximum Gasteiger partial charge on any atom is 0.306 e. The second-order valence-corrected chi connectivity index (χ2v) is 15.9. The minimum atomic E-state index is -1.59. The number of hydrogen-bond donors (Lipinski definition) is 4. The monoisotopic (exact) mass is 785 g/mol. The van der Waals surface area contributed by atoms with E-state index in [-0.39, 0.29) is 32.0 Å². The molecule has 0 spiro atoms. The van der Waals surface area contributed by atoms with Crippen molar-refractivity contribution in [1.29, 1.82) is 0 Å². The molecule has 0 radical (unpaired) electrons. The van der Waals surface area contributed by atoms with Crippen molar-refractivity contribution in [2.75, 3.05) is 19.8 Å². The third-order valence-corrected chi connectivity index (χ3v) is 10.7. The molecule has 0 aromatic heterocycles. The quantitative estimate of drug-likeness (QED) is 0.0271. The van der Waals surface area contributed by atoms with Gasteiger partial charge in [0.1, 0.15) is 31.0 Å². The van der Waals surface area contributed by atoms with Gasteiger partial charge in [0.15, 0.2) is 12.4 Å². The Morgan fingerprint density at radius 2 is 0.964 bits per heavy atom. The first-order chi connectivity index (χ1) is 26.8. The Bertz CT molecular complexity index is 912. The molecule has 1 fully saturated rings. The zero-order valence-electron chi connectivity index (χ0n) is 35.2. The Hall–Kier alpha value is -1.56. The van der Waals surface area contributed by atoms with Crippen LogP contribution in [0, 0.1) is 0 Å². The van der Waals surface area contributed by atoms with Gasteiger partial charge in [-0.2, -0.15) is 0 Å². The molecule has 4 N–H and O–H groups in total. The Morgan fingerprint density at radius 3 is 1.44 bits per heavy atom. The molecule has 0 aromatic carbocycles. The van der Waals surface area contributed by atoms with E-state index in [0.29, 0.717) is 6.42 Å². The maximum absolute atomic E-state index is 12.7. The molecule has 2 unspecified atom stereocenters. The van der Waals surface area contributed by atoms with Crippen molar-refractivity contribution in [2.45, 2.75) is 243 Å². The molecule has 1 heterocycles. The molecule has 10 nitrogen and oxygen atoms in total. The largest absolute Gasteiger partial charge is 0.462 e. The molecule has 6 atom stereocenters. The Balaban J connectivity index is 2.30. The van der Waals surface area contributed by atoms with Gasteiger partial charge in [0.2, 0.25) is 0 Å². The van der Waals surface area contributed by atoms with Crippen LogP contribution in [0.1, 0.15) is 206 Å². The fourth-order valence-electron chi connectivity index (χ4n) is 7.01. The first-order valence-electron chi connectivity index (χ1n) is 22.8. The van der Waals surface area contributed by atoms with Crippen LogP contribution < -0.4 is 0 Å². The second kappa shape index (κ2) is 36.8. The summed E-state index contributed by atoms with van der Waals surface area (Å²) in [7, 11) is 0. The SMILES string of the molecule is CCCCCC/C=C/CCCCCCCC(=O)O[C@@H](COC(=O)CCCCCCCCCCCCCCCCCCC)CO[C@H]1O[C@@H](CO)[C@@H](O)C(O)C1O. The van der Waals surface area contributed by atoms with Crippen molar-refractivity contribution < 1.29 is 49.0 Å². The van der Waals surface area contributed by atoms with E-state index in [9.17, 15) is 30.0 Å². The van der Waals surface area contributed by atoms with Crippen molar-refractivity contribution in [2.24, 2.45) is 0 Å². The summed E-state index contributed by atoms with van der Waals surface area (Å²) >= 11 is 0. The van der Waals surface area contributed by atoms with Crippen LogP contribution in [0.2, 0.25) is 0 Å². The van der Waals surface area contributed by atoms with Gasteiger partial charge in [0, 0.05) is 12.8 Å². The Morgan fingerprint density at radius 1 is 0.545 bits per heavy atom.